The van der Waals surface area contributed by atoms with E-state index in [4.69, 9.17) is 19.9 Å². The molecule has 2 heterocycles. The van der Waals surface area contributed by atoms with Crippen molar-refractivity contribution < 1.29 is 36.2 Å². The van der Waals surface area contributed by atoms with Crippen LogP contribution in [0, 0.1) is 0 Å². The third-order valence-corrected chi connectivity index (χ3v) is 5.08. The summed E-state index contributed by atoms with van der Waals surface area (Å²) in [6.45, 7) is -3.63. The fourth-order valence-electron chi connectivity index (χ4n) is 3.21. The quantitative estimate of drug-likeness (QED) is 0.660. The van der Waals surface area contributed by atoms with Crippen molar-refractivity contribution in [3.05, 3.63) is 69.7 Å². The van der Waals surface area contributed by atoms with Crippen LogP contribution in [0.3, 0.4) is 0 Å². The molecule has 0 spiro atoms. The smallest absolute Gasteiger partial charge is 0.346 e. The molecule has 10 heteroatoms. The molecule has 3 atom stereocenters. The van der Waals surface area contributed by atoms with Crippen LogP contribution in [0.4, 0.5) is 8.78 Å². The molecule has 0 radical (unpaired) electrons. The zero-order valence-corrected chi connectivity index (χ0v) is 16.8. The van der Waals surface area contributed by atoms with Crippen LogP contribution in [0.15, 0.2) is 42.5 Å². The molecule has 2 aliphatic rings. The maximum atomic E-state index is 14.8. The first kappa shape index (κ1) is 15.5. The lowest BCUT2D eigenvalue weighted by molar-refractivity contribution is -0.147. The minimum Gasteiger partial charge on any atom is -0.346 e. The van der Waals surface area contributed by atoms with E-state index in [1.54, 1.807) is 5.32 Å². The van der Waals surface area contributed by atoms with Gasteiger partial charge in [-0.2, -0.15) is 8.78 Å². The van der Waals surface area contributed by atoms with E-state index in [1.165, 1.54) is 0 Å². The van der Waals surface area contributed by atoms with E-state index in [0.29, 0.717) is 4.90 Å². The monoisotopic (exact) mass is 467 g/mol. The van der Waals surface area contributed by atoms with Gasteiger partial charge in [-0.05, 0) is 35.7 Å². The Kier molecular flexibility index (Phi) is 4.02. The number of nitrogens with zero attached hydrogens (tertiary/aromatic N) is 1. The number of hydrogen-bond donors (Lipinski definition) is 2. The number of nitrogens with one attached hydrogen (secondary N) is 2. The van der Waals surface area contributed by atoms with Crippen molar-refractivity contribution in [3.63, 3.8) is 0 Å². The van der Waals surface area contributed by atoms with Gasteiger partial charge in [-0.15, -0.1) is 0 Å². The Morgan fingerprint density at radius 2 is 2.03 bits per heavy atom. The predicted molar refractivity (Wildman–Crippen MR) is 110 cm³/mol. The maximum absolute atomic E-state index is 14.8. The van der Waals surface area contributed by atoms with Gasteiger partial charge in [0.15, 0.2) is 1.41 Å². The molecule has 3 unspecified atom stereocenters. The Balaban J connectivity index is 1.63. The number of carbonyl (C=O) groups excluding carboxylic acids is 4. The summed E-state index contributed by atoms with van der Waals surface area (Å²) in [7, 11) is 0. The number of piperidine rings is 1. The Morgan fingerprint density at radius 3 is 2.75 bits per heavy atom. The molecule has 166 valence electrons. The molecule has 0 aliphatic carbocycles. The lowest BCUT2D eigenvalue weighted by Gasteiger charge is -2.29. The van der Waals surface area contributed by atoms with E-state index in [2.05, 4.69) is 0 Å². The van der Waals surface area contributed by atoms with Crippen LogP contribution in [0.25, 0.3) is 0 Å². The second kappa shape index (κ2) is 8.31. The molecule has 1 saturated heterocycles. The van der Waals surface area contributed by atoms with E-state index >= 15 is 0 Å². The Bertz CT molecular complexity index is 1370. The normalized spacial score (nSPS) is 28.5. The predicted octanol–water partition coefficient (Wildman–Crippen LogP) is 2.51. The second-order valence-corrected chi connectivity index (χ2v) is 7.35. The van der Waals surface area contributed by atoms with Crippen molar-refractivity contribution in [1.29, 1.82) is 0 Å². The number of carbonyl (C=O) groups is 4. The van der Waals surface area contributed by atoms with Crippen molar-refractivity contribution in [1.82, 2.24) is 15.5 Å². The van der Waals surface area contributed by atoms with Gasteiger partial charge in [0.05, 0.1) is 4.11 Å². The SMILES string of the molecule is [2H]C1C(=O)NC(=O)C([2H])(N2Cc3cc(C([2H])([2H])N([2H])C(=O)C(F)(F)c4ccc(Cl)cc4)ccc3C2=O)C1[2H]. The van der Waals surface area contributed by atoms with Gasteiger partial charge in [-0.25, -0.2) is 0 Å². The second-order valence-electron chi connectivity index (χ2n) is 6.91. The van der Waals surface area contributed by atoms with Crippen LogP contribution in [0.2, 0.25) is 6.43 Å². The first-order chi connectivity index (χ1) is 17.5. The van der Waals surface area contributed by atoms with Crippen molar-refractivity contribution in [2.75, 3.05) is 0 Å². The number of benzene rings is 2. The molecular weight excluding hydrogens is 444 g/mol. The summed E-state index contributed by atoms with van der Waals surface area (Å²) in [4.78, 5) is 50.3. The molecule has 2 aromatic carbocycles. The highest BCUT2D eigenvalue weighted by Gasteiger charge is 2.41. The summed E-state index contributed by atoms with van der Waals surface area (Å²) < 4.78 is 78.3. The molecule has 32 heavy (non-hydrogen) atoms. The molecule has 0 bridgehead atoms. The van der Waals surface area contributed by atoms with Crippen LogP contribution in [0.5, 0.6) is 0 Å². The molecule has 4 rings (SSSR count). The summed E-state index contributed by atoms with van der Waals surface area (Å²) >= 11 is 5.68. The maximum Gasteiger partial charge on any atom is 0.349 e. The number of amides is 4. The summed E-state index contributed by atoms with van der Waals surface area (Å²) in [6, 6.07) is 4.38. The first-order valence-corrected chi connectivity index (χ1v) is 9.55. The zero-order chi connectivity index (χ0) is 28.4. The van der Waals surface area contributed by atoms with Crippen molar-refractivity contribution in [2.24, 2.45) is 0 Å². The van der Waals surface area contributed by atoms with Gasteiger partial charge < -0.3 is 10.2 Å². The first-order valence-electron chi connectivity index (χ1n) is 12.3. The molecule has 2 aliphatic heterocycles. The van der Waals surface area contributed by atoms with Gasteiger partial charge >= 0.3 is 5.92 Å². The molecule has 1 fully saturated rings. The summed E-state index contributed by atoms with van der Waals surface area (Å²) in [5.41, 5.74) is -1.35. The van der Waals surface area contributed by atoms with E-state index in [-0.39, 0.29) is 16.1 Å². The van der Waals surface area contributed by atoms with Gasteiger partial charge in [-0.1, -0.05) is 35.9 Å². The topological polar surface area (TPSA) is 95.6 Å². The number of imide groups is 1. The number of rotatable bonds is 5. The van der Waals surface area contributed by atoms with E-state index < -0.39 is 77.8 Å². The number of hydrogen-bond acceptors (Lipinski definition) is 4. The lowest BCUT2D eigenvalue weighted by atomic mass is 10.0. The van der Waals surface area contributed by atoms with Crippen molar-refractivity contribution in [2.45, 2.75) is 37.8 Å². The van der Waals surface area contributed by atoms with E-state index in [9.17, 15) is 28.0 Å². The van der Waals surface area contributed by atoms with Gasteiger partial charge in [0, 0.05) is 38.3 Å². The van der Waals surface area contributed by atoms with E-state index in [1.807, 2.05) is 0 Å². The third kappa shape index (κ3) is 4.08. The summed E-state index contributed by atoms with van der Waals surface area (Å²) in [5, 5.41) is 1.40. The highest BCUT2D eigenvalue weighted by molar-refractivity contribution is 6.30. The van der Waals surface area contributed by atoms with Gasteiger partial charge in [0.2, 0.25) is 11.8 Å². The van der Waals surface area contributed by atoms with Crippen LogP contribution in [-0.4, -0.2) is 34.5 Å². The summed E-state index contributed by atoms with van der Waals surface area (Å²) in [5.74, 6) is -9.73. The van der Waals surface area contributed by atoms with Gasteiger partial charge in [0.25, 0.3) is 11.8 Å². The highest BCUT2D eigenvalue weighted by Crippen LogP contribution is 2.30. The number of alkyl halides is 2. The van der Waals surface area contributed by atoms with Crippen molar-refractivity contribution >= 4 is 35.2 Å². The molecule has 4 amide bonds. The zero-order valence-electron chi connectivity index (χ0n) is 22.1. The summed E-state index contributed by atoms with van der Waals surface area (Å²) in [6.07, 6.45) is -3.79. The number of halogens is 3. The van der Waals surface area contributed by atoms with Gasteiger partial charge in [-0.3, -0.25) is 24.5 Å². The molecular formula is C22H18ClF2N3O4. The van der Waals surface area contributed by atoms with Gasteiger partial charge in [0.1, 0.15) is 6.02 Å². The van der Waals surface area contributed by atoms with Crippen molar-refractivity contribution in [3.8, 4) is 0 Å². The van der Waals surface area contributed by atoms with E-state index in [0.717, 1.165) is 42.5 Å². The molecule has 2 aromatic rings. The average Bonchev–Trinajstić information content (AvgIpc) is 3.21. The van der Waals surface area contributed by atoms with Crippen LogP contribution < -0.4 is 10.6 Å². The van der Waals surface area contributed by atoms with Crippen LogP contribution in [-0.2, 0) is 33.3 Å². The standard InChI is InChI=1S/C22H18ClF2N3O4/c23-15-4-2-14(3-5-15)22(24,25)21(32)26-10-12-1-6-16-13(9-12)11-28(20(16)31)17-7-8-18(29)27-19(17)30/h1-6,9,17H,7-8,10-11H2,(H,26,32)(H,27,29,30)/i7D,8D,10D2,17D/hD. The molecule has 0 saturated carbocycles. The minimum atomic E-state index is -4.28. The Morgan fingerprint density at radius 1 is 1.31 bits per heavy atom. The lowest BCUT2D eigenvalue weighted by Crippen LogP contribution is -2.52. The van der Waals surface area contributed by atoms with Crippen LogP contribution >= 0.6 is 11.6 Å². The highest BCUT2D eigenvalue weighted by atomic mass is 35.5. The fourth-order valence-corrected chi connectivity index (χ4v) is 3.34. The average molecular weight is 468 g/mol. The molecule has 7 nitrogen and oxygen atoms in total. The minimum absolute atomic E-state index is 0.0201. The van der Waals surface area contributed by atoms with Crippen LogP contribution in [0.1, 0.15) is 46.7 Å². The third-order valence-electron chi connectivity index (χ3n) is 4.82. The molecule has 0 aromatic heterocycles. The fraction of sp³-hybridized carbons (Fsp3) is 0.273. The Labute approximate surface area is 195 Å². The molecule has 2 N–H and O–H groups in total. The number of fused-ring (bicyclic) bond motifs is 1. The Hall–Kier alpha value is -3.33. The largest absolute Gasteiger partial charge is 0.349 e.